The van der Waals surface area contributed by atoms with Crippen LogP contribution in [0.1, 0.15) is 74.2 Å². The lowest BCUT2D eigenvalue weighted by Gasteiger charge is -2.27. The molecule has 174 valence electrons. The number of fused-ring (bicyclic) bond motifs is 1. The van der Waals surface area contributed by atoms with E-state index in [-0.39, 0.29) is 18.7 Å². The summed E-state index contributed by atoms with van der Waals surface area (Å²) in [5, 5.41) is 2.14. The second-order valence-electron chi connectivity index (χ2n) is 8.95. The van der Waals surface area contributed by atoms with Crippen molar-refractivity contribution in [1.29, 1.82) is 0 Å². The molecule has 1 aliphatic carbocycles. The van der Waals surface area contributed by atoms with Gasteiger partial charge in [0.15, 0.2) is 6.61 Å². The Labute approximate surface area is 196 Å². The maximum atomic E-state index is 12.9. The van der Waals surface area contributed by atoms with Gasteiger partial charge in [-0.3, -0.25) is 0 Å². The largest absolute Gasteiger partial charge is 0.486 e. The molecule has 0 saturated heterocycles. The predicted molar refractivity (Wildman–Crippen MR) is 132 cm³/mol. The highest BCUT2D eigenvalue weighted by Crippen LogP contribution is 2.27. The van der Waals surface area contributed by atoms with Gasteiger partial charge in [-0.2, -0.15) is 0 Å². The van der Waals surface area contributed by atoms with Gasteiger partial charge in [-0.25, -0.2) is 4.79 Å². The van der Waals surface area contributed by atoms with Gasteiger partial charge in [-0.15, -0.1) is 0 Å². The Morgan fingerprint density at radius 2 is 1.67 bits per heavy atom. The number of rotatable bonds is 9. The van der Waals surface area contributed by atoms with Crippen molar-refractivity contribution in [3.05, 3.63) is 77.9 Å². The lowest BCUT2D eigenvalue weighted by atomic mass is 9.98. The summed E-state index contributed by atoms with van der Waals surface area (Å²) in [4.78, 5) is 12.9. The summed E-state index contributed by atoms with van der Waals surface area (Å²) in [6.45, 7) is 4.50. The fourth-order valence-electron chi connectivity index (χ4n) is 4.37. The average Bonchev–Trinajstić information content (AvgIpc) is 2.87. The van der Waals surface area contributed by atoms with Gasteiger partial charge in [-0.1, -0.05) is 81.6 Å². The molecule has 0 bridgehead atoms. The van der Waals surface area contributed by atoms with E-state index in [9.17, 15) is 4.79 Å². The van der Waals surface area contributed by atoms with E-state index >= 15 is 0 Å². The van der Waals surface area contributed by atoms with Gasteiger partial charge < -0.3 is 14.2 Å². The van der Waals surface area contributed by atoms with E-state index in [4.69, 9.17) is 14.2 Å². The van der Waals surface area contributed by atoms with Gasteiger partial charge in [0.25, 0.3) is 0 Å². The highest BCUT2D eigenvalue weighted by Gasteiger charge is 2.24. The molecule has 3 aromatic rings. The van der Waals surface area contributed by atoms with Crippen LogP contribution in [-0.4, -0.2) is 25.0 Å². The number of hydrogen-bond donors (Lipinski definition) is 0. The molecule has 4 nitrogen and oxygen atoms in total. The summed E-state index contributed by atoms with van der Waals surface area (Å²) in [6.07, 6.45) is 5.91. The summed E-state index contributed by atoms with van der Waals surface area (Å²) in [5.74, 6) is 0.846. The van der Waals surface area contributed by atoms with Crippen LogP contribution < -0.4 is 4.74 Å². The minimum Gasteiger partial charge on any atom is -0.486 e. The Hall–Kier alpha value is -2.85. The quantitative estimate of drug-likeness (QED) is 0.256. The number of carbonyl (C=O) groups is 1. The van der Waals surface area contributed by atoms with E-state index < -0.39 is 6.29 Å². The molecule has 4 heteroatoms. The molecule has 0 aliphatic heterocycles. The minimum absolute atomic E-state index is 0.0976. The van der Waals surface area contributed by atoms with E-state index in [1.165, 1.54) is 12.0 Å². The highest BCUT2D eigenvalue weighted by molar-refractivity contribution is 5.89. The summed E-state index contributed by atoms with van der Waals surface area (Å²) < 4.78 is 18.2. The Bertz CT molecular complexity index is 1030. The van der Waals surface area contributed by atoms with Gasteiger partial charge >= 0.3 is 5.97 Å². The second-order valence-corrected chi connectivity index (χ2v) is 8.95. The Balaban J connectivity index is 1.46. The van der Waals surface area contributed by atoms with Gasteiger partial charge in [-0.05, 0) is 54.3 Å². The molecule has 4 rings (SSSR count). The summed E-state index contributed by atoms with van der Waals surface area (Å²) in [7, 11) is 0. The first-order valence-corrected chi connectivity index (χ1v) is 12.2. The molecule has 0 radical (unpaired) electrons. The number of hydrogen-bond acceptors (Lipinski definition) is 4. The molecule has 0 N–H and O–H groups in total. The molecule has 0 aromatic heterocycles. The predicted octanol–water partition coefficient (Wildman–Crippen LogP) is 7.26. The van der Waals surface area contributed by atoms with Crippen molar-refractivity contribution in [2.24, 2.45) is 0 Å². The van der Waals surface area contributed by atoms with Crippen molar-refractivity contribution >= 4 is 16.7 Å². The van der Waals surface area contributed by atoms with Crippen LogP contribution >= 0.6 is 0 Å². The number of benzene rings is 3. The highest BCUT2D eigenvalue weighted by atomic mass is 16.7. The third-order valence-corrected chi connectivity index (χ3v) is 6.59. The topological polar surface area (TPSA) is 44.8 Å². The zero-order valence-electron chi connectivity index (χ0n) is 19.7. The smallest absolute Gasteiger partial charge is 0.340 e. The zero-order valence-corrected chi connectivity index (χ0v) is 19.7. The van der Waals surface area contributed by atoms with Gasteiger partial charge in [0.2, 0.25) is 6.29 Å². The molecule has 33 heavy (non-hydrogen) atoms. The second kappa shape index (κ2) is 11.3. The van der Waals surface area contributed by atoms with E-state index in [0.717, 1.165) is 48.6 Å². The van der Waals surface area contributed by atoms with Crippen molar-refractivity contribution < 1.29 is 19.0 Å². The number of ether oxygens (including phenoxy) is 3. The molecule has 0 amide bonds. The standard InChI is InChI=1S/C29H34O4/c1-3-21(2)22-16-18-24(19-17-22)29(30)33-28(32-25-12-5-4-6-13-25)20-31-27-15-9-11-23-10-7-8-14-26(23)27/h7-11,14-19,21,25,28H,3-6,12-13,20H2,1-2H3. The minimum atomic E-state index is -0.756. The molecule has 2 atom stereocenters. The third-order valence-electron chi connectivity index (χ3n) is 6.59. The maximum absolute atomic E-state index is 12.9. The van der Waals surface area contributed by atoms with Crippen LogP contribution in [0.3, 0.4) is 0 Å². The van der Waals surface area contributed by atoms with Gasteiger partial charge in [0.05, 0.1) is 11.7 Å². The third kappa shape index (κ3) is 6.14. The number of carbonyl (C=O) groups excluding carboxylic acids is 1. The van der Waals surface area contributed by atoms with Crippen molar-refractivity contribution in [2.75, 3.05) is 6.61 Å². The van der Waals surface area contributed by atoms with Crippen LogP contribution in [0.15, 0.2) is 66.7 Å². The average molecular weight is 447 g/mol. The van der Waals surface area contributed by atoms with E-state index in [0.29, 0.717) is 11.5 Å². The Morgan fingerprint density at radius 1 is 0.939 bits per heavy atom. The molecular weight excluding hydrogens is 412 g/mol. The van der Waals surface area contributed by atoms with E-state index in [2.05, 4.69) is 26.0 Å². The molecule has 0 spiro atoms. The molecule has 1 aliphatic rings. The first-order valence-electron chi connectivity index (χ1n) is 12.2. The summed E-state index contributed by atoms with van der Waals surface area (Å²) >= 11 is 0. The van der Waals surface area contributed by atoms with E-state index in [1.807, 2.05) is 54.6 Å². The van der Waals surface area contributed by atoms with Crippen LogP contribution in [0, 0.1) is 0 Å². The number of esters is 1. The summed E-state index contributed by atoms with van der Waals surface area (Å²) in [5.41, 5.74) is 1.76. The fourth-order valence-corrected chi connectivity index (χ4v) is 4.37. The van der Waals surface area contributed by atoms with Crippen molar-refractivity contribution in [3.8, 4) is 5.75 Å². The normalized spacial score (nSPS) is 16.3. The molecular formula is C29H34O4. The molecule has 2 unspecified atom stereocenters. The van der Waals surface area contributed by atoms with Gasteiger partial charge in [0.1, 0.15) is 5.75 Å². The monoisotopic (exact) mass is 446 g/mol. The zero-order chi connectivity index (χ0) is 23.0. The Kier molecular flexibility index (Phi) is 8.01. The van der Waals surface area contributed by atoms with Crippen LogP contribution in [0.5, 0.6) is 5.75 Å². The molecule has 0 heterocycles. The van der Waals surface area contributed by atoms with Crippen molar-refractivity contribution in [2.45, 2.75) is 70.7 Å². The van der Waals surface area contributed by atoms with Gasteiger partial charge in [0, 0.05) is 5.39 Å². The van der Waals surface area contributed by atoms with Crippen molar-refractivity contribution in [1.82, 2.24) is 0 Å². The first kappa shape index (κ1) is 23.3. The first-order chi connectivity index (χ1) is 16.1. The van der Waals surface area contributed by atoms with Crippen molar-refractivity contribution in [3.63, 3.8) is 0 Å². The van der Waals surface area contributed by atoms with Crippen LogP contribution in [-0.2, 0) is 9.47 Å². The van der Waals surface area contributed by atoms with Crippen LogP contribution in [0.25, 0.3) is 10.8 Å². The lowest BCUT2D eigenvalue weighted by Crippen LogP contribution is -2.33. The molecule has 3 aromatic carbocycles. The lowest BCUT2D eigenvalue weighted by molar-refractivity contribution is -0.161. The fraction of sp³-hybridized carbons (Fsp3) is 0.414. The van der Waals surface area contributed by atoms with E-state index in [1.54, 1.807) is 0 Å². The summed E-state index contributed by atoms with van der Waals surface area (Å²) in [6, 6.07) is 21.8. The molecule has 1 fully saturated rings. The van der Waals surface area contributed by atoms with Crippen LogP contribution in [0.2, 0.25) is 0 Å². The Morgan fingerprint density at radius 3 is 2.42 bits per heavy atom. The SMILES string of the molecule is CCC(C)c1ccc(C(=O)OC(COc2cccc3ccccc23)OC2CCCCC2)cc1. The van der Waals surface area contributed by atoms with Crippen LogP contribution in [0.4, 0.5) is 0 Å². The maximum Gasteiger partial charge on any atom is 0.340 e. The molecule has 1 saturated carbocycles.